The molecule has 0 saturated heterocycles. The average Bonchev–Trinajstić information content (AvgIpc) is 3.24. The largest absolute Gasteiger partial charge is 0.494 e. The van der Waals surface area contributed by atoms with Crippen LogP contribution in [0.25, 0.3) is 0 Å². The van der Waals surface area contributed by atoms with Crippen molar-refractivity contribution in [1.29, 1.82) is 0 Å². The van der Waals surface area contributed by atoms with Gasteiger partial charge in [0.15, 0.2) is 5.69 Å². The first-order valence-corrected chi connectivity index (χ1v) is 12.3. The molecule has 3 amide bonds. The van der Waals surface area contributed by atoms with Crippen molar-refractivity contribution < 1.29 is 19.1 Å². The van der Waals surface area contributed by atoms with Gasteiger partial charge in [-0.2, -0.15) is 4.37 Å². The van der Waals surface area contributed by atoms with Crippen LogP contribution in [0.15, 0.2) is 48.8 Å². The first-order valence-electron chi connectivity index (χ1n) is 11.5. The highest BCUT2D eigenvalue weighted by Crippen LogP contribution is 2.33. The zero-order valence-corrected chi connectivity index (χ0v) is 21.2. The zero-order chi connectivity index (χ0) is 26.2. The summed E-state index contributed by atoms with van der Waals surface area (Å²) < 4.78 is 9.49. The molecule has 3 rings (SSSR count). The van der Waals surface area contributed by atoms with E-state index in [1.54, 1.807) is 48.8 Å². The van der Waals surface area contributed by atoms with Crippen LogP contribution < -0.4 is 26.4 Å². The quantitative estimate of drug-likeness (QED) is 0.358. The highest BCUT2D eigenvalue weighted by Gasteiger charge is 2.36. The normalized spacial score (nSPS) is 11.7. The van der Waals surface area contributed by atoms with Crippen molar-refractivity contribution in [2.45, 2.75) is 33.2 Å². The van der Waals surface area contributed by atoms with Gasteiger partial charge in [-0.1, -0.05) is 13.8 Å². The standard InChI is InChI=1S/C25H30N6O4S/c1-4-35-18-7-5-17(6-8-18)31(25(34)22-19(26)20(23(27)32)30-36-22)21(16-10-12-28-13-11-16)24(33)29-14-9-15(2)3/h5-8,10-13,15,21H,4,9,14,26H2,1-3H3,(H2,27,32)(H,29,33)/t21-/m1/s1. The molecular weight excluding hydrogens is 480 g/mol. The zero-order valence-electron chi connectivity index (χ0n) is 20.4. The van der Waals surface area contributed by atoms with Gasteiger partial charge in [0.05, 0.1) is 12.3 Å². The molecule has 0 aliphatic rings. The smallest absolute Gasteiger partial charge is 0.273 e. The summed E-state index contributed by atoms with van der Waals surface area (Å²) >= 11 is 0.757. The number of amides is 3. The highest BCUT2D eigenvalue weighted by molar-refractivity contribution is 7.09. The van der Waals surface area contributed by atoms with Crippen LogP contribution in [0.2, 0.25) is 0 Å². The Labute approximate surface area is 213 Å². The Bertz CT molecular complexity index is 1200. The number of nitrogens with zero attached hydrogens (tertiary/aromatic N) is 3. The maximum Gasteiger partial charge on any atom is 0.273 e. The molecule has 10 nitrogen and oxygen atoms in total. The first kappa shape index (κ1) is 26.6. The number of hydrogen-bond acceptors (Lipinski definition) is 8. The van der Waals surface area contributed by atoms with E-state index in [1.165, 1.54) is 4.90 Å². The molecule has 11 heteroatoms. The Morgan fingerprint density at radius 3 is 2.33 bits per heavy atom. The van der Waals surface area contributed by atoms with E-state index < -0.39 is 17.9 Å². The summed E-state index contributed by atoms with van der Waals surface area (Å²) in [4.78, 5) is 44.6. The summed E-state index contributed by atoms with van der Waals surface area (Å²) in [6.45, 7) is 6.91. The Kier molecular flexibility index (Phi) is 8.96. The maximum absolute atomic E-state index is 14.0. The minimum atomic E-state index is -1.05. The van der Waals surface area contributed by atoms with Crippen LogP contribution in [0.1, 0.15) is 59.0 Å². The van der Waals surface area contributed by atoms with E-state index in [2.05, 4.69) is 28.5 Å². The van der Waals surface area contributed by atoms with Crippen LogP contribution in [0.4, 0.5) is 11.4 Å². The highest BCUT2D eigenvalue weighted by atomic mass is 32.1. The number of nitrogens with two attached hydrogens (primary N) is 2. The number of pyridine rings is 1. The predicted molar refractivity (Wildman–Crippen MR) is 139 cm³/mol. The lowest BCUT2D eigenvalue weighted by molar-refractivity contribution is -0.122. The lowest BCUT2D eigenvalue weighted by atomic mass is 10.0. The predicted octanol–water partition coefficient (Wildman–Crippen LogP) is 3.17. The van der Waals surface area contributed by atoms with Gasteiger partial charge >= 0.3 is 0 Å². The number of nitrogen functional groups attached to an aromatic ring is 1. The van der Waals surface area contributed by atoms with Gasteiger partial charge in [-0.15, -0.1) is 0 Å². The number of carbonyl (C=O) groups is 3. The van der Waals surface area contributed by atoms with Crippen molar-refractivity contribution in [3.63, 3.8) is 0 Å². The van der Waals surface area contributed by atoms with Crippen LogP contribution in [-0.4, -0.2) is 40.2 Å². The maximum atomic E-state index is 14.0. The SMILES string of the molecule is CCOc1ccc(N(C(=O)c2snc(C(N)=O)c2N)[C@@H](C(=O)NCCC(C)C)c2ccncc2)cc1. The Morgan fingerprint density at radius 2 is 1.78 bits per heavy atom. The van der Waals surface area contributed by atoms with Crippen molar-refractivity contribution in [2.24, 2.45) is 11.7 Å². The van der Waals surface area contributed by atoms with Crippen LogP contribution >= 0.6 is 11.5 Å². The number of ether oxygens (including phenoxy) is 1. The molecule has 0 fully saturated rings. The third kappa shape index (κ3) is 6.16. The molecular formula is C25H30N6O4S. The van der Waals surface area contributed by atoms with Crippen molar-refractivity contribution >= 4 is 40.6 Å². The number of aromatic nitrogens is 2. The molecule has 1 atom stereocenters. The molecule has 0 spiro atoms. The molecule has 0 unspecified atom stereocenters. The lowest BCUT2D eigenvalue weighted by Crippen LogP contribution is -2.44. The molecule has 1 aromatic carbocycles. The van der Waals surface area contributed by atoms with E-state index in [-0.39, 0.29) is 22.2 Å². The Balaban J connectivity index is 2.12. The van der Waals surface area contributed by atoms with Gasteiger partial charge in [-0.25, -0.2) is 0 Å². The fourth-order valence-electron chi connectivity index (χ4n) is 3.54. The summed E-state index contributed by atoms with van der Waals surface area (Å²) in [5.74, 6) is -0.807. The van der Waals surface area contributed by atoms with Gasteiger partial charge < -0.3 is 21.5 Å². The first-order chi connectivity index (χ1) is 17.2. The van der Waals surface area contributed by atoms with E-state index >= 15 is 0 Å². The monoisotopic (exact) mass is 510 g/mol. The second kappa shape index (κ2) is 12.1. The van der Waals surface area contributed by atoms with Crippen molar-refractivity contribution in [2.75, 3.05) is 23.8 Å². The summed E-state index contributed by atoms with van der Waals surface area (Å²) in [7, 11) is 0. The van der Waals surface area contributed by atoms with Gasteiger partial charge in [-0.3, -0.25) is 24.3 Å². The number of primary amides is 1. The number of benzene rings is 1. The molecule has 36 heavy (non-hydrogen) atoms. The van der Waals surface area contributed by atoms with Gasteiger partial charge in [0.2, 0.25) is 5.91 Å². The number of anilines is 2. The summed E-state index contributed by atoms with van der Waals surface area (Å²) in [6.07, 6.45) is 3.88. The summed E-state index contributed by atoms with van der Waals surface area (Å²) in [6, 6.07) is 9.09. The summed E-state index contributed by atoms with van der Waals surface area (Å²) in [5.41, 5.74) is 12.1. The van der Waals surface area contributed by atoms with Crippen molar-refractivity contribution in [3.8, 4) is 5.75 Å². The van der Waals surface area contributed by atoms with Crippen LogP contribution in [-0.2, 0) is 4.79 Å². The molecule has 0 aliphatic heterocycles. The van der Waals surface area contributed by atoms with Crippen molar-refractivity contribution in [3.05, 3.63) is 64.9 Å². The molecule has 190 valence electrons. The summed E-state index contributed by atoms with van der Waals surface area (Å²) in [5, 5.41) is 2.94. The molecule has 2 aromatic heterocycles. The molecule has 2 heterocycles. The van der Waals surface area contributed by atoms with Crippen LogP contribution in [0.5, 0.6) is 5.75 Å². The lowest BCUT2D eigenvalue weighted by Gasteiger charge is -2.31. The van der Waals surface area contributed by atoms with E-state index in [1.807, 2.05) is 6.92 Å². The Hall–Kier alpha value is -3.99. The molecule has 0 bridgehead atoms. The molecule has 5 N–H and O–H groups in total. The van der Waals surface area contributed by atoms with Crippen molar-refractivity contribution in [1.82, 2.24) is 14.7 Å². The van der Waals surface area contributed by atoms with E-state index in [0.717, 1.165) is 18.0 Å². The fourth-order valence-corrected chi connectivity index (χ4v) is 4.28. The van der Waals surface area contributed by atoms with Crippen LogP contribution in [0, 0.1) is 5.92 Å². The van der Waals surface area contributed by atoms with E-state index in [9.17, 15) is 14.4 Å². The number of carbonyl (C=O) groups excluding carboxylic acids is 3. The van der Waals surface area contributed by atoms with Gasteiger partial charge in [0.25, 0.3) is 11.8 Å². The van der Waals surface area contributed by atoms with Gasteiger partial charge in [0, 0.05) is 24.6 Å². The minimum Gasteiger partial charge on any atom is -0.494 e. The Morgan fingerprint density at radius 1 is 1.11 bits per heavy atom. The third-order valence-electron chi connectivity index (χ3n) is 5.35. The van der Waals surface area contributed by atoms with E-state index in [4.69, 9.17) is 16.2 Å². The minimum absolute atomic E-state index is 0.00622. The molecule has 0 radical (unpaired) electrons. The number of rotatable bonds is 11. The number of hydrogen-bond donors (Lipinski definition) is 3. The second-order valence-electron chi connectivity index (χ2n) is 8.40. The van der Waals surface area contributed by atoms with E-state index in [0.29, 0.717) is 36.1 Å². The van der Waals surface area contributed by atoms with Gasteiger partial charge in [0.1, 0.15) is 16.7 Å². The number of nitrogens with one attached hydrogen (secondary N) is 1. The molecule has 3 aromatic rings. The average molecular weight is 511 g/mol. The topological polar surface area (TPSA) is 154 Å². The van der Waals surface area contributed by atoms with Gasteiger partial charge in [-0.05, 0) is 72.8 Å². The fraction of sp³-hybridized carbons (Fsp3) is 0.320. The van der Waals surface area contributed by atoms with Crippen LogP contribution in [0.3, 0.4) is 0 Å². The second-order valence-corrected chi connectivity index (χ2v) is 9.17. The molecule has 0 aliphatic carbocycles. The third-order valence-corrected chi connectivity index (χ3v) is 6.20. The molecule has 0 saturated carbocycles.